The number of allylic oxidation sites excluding steroid dienone is 6. The third-order valence-corrected chi connectivity index (χ3v) is 4.40. The van der Waals surface area contributed by atoms with Gasteiger partial charge in [0.15, 0.2) is 0 Å². The van der Waals surface area contributed by atoms with E-state index >= 15 is 0 Å². The lowest BCUT2D eigenvalue weighted by molar-refractivity contribution is 0.784. The van der Waals surface area contributed by atoms with Gasteiger partial charge in [-0.1, -0.05) is 61.7 Å². The largest absolute Gasteiger partial charge is 0.0679 e. The number of hydrogen-bond donors (Lipinski definition) is 0. The molecule has 112 valence electrons. The van der Waals surface area contributed by atoms with Crippen molar-refractivity contribution in [1.82, 2.24) is 0 Å². The second-order valence-electron chi connectivity index (χ2n) is 6.21. The monoisotopic (exact) mass is 280 g/mol. The van der Waals surface area contributed by atoms with E-state index in [1.54, 1.807) is 11.1 Å². The van der Waals surface area contributed by atoms with Crippen LogP contribution in [0.1, 0.15) is 65.9 Å². The zero-order valence-corrected chi connectivity index (χ0v) is 14.2. The summed E-state index contributed by atoms with van der Waals surface area (Å²) < 4.78 is 0. The summed E-state index contributed by atoms with van der Waals surface area (Å²) in [5.74, 6) is 0. The number of hydrogen-bond acceptors (Lipinski definition) is 0. The van der Waals surface area contributed by atoms with Crippen LogP contribution in [0, 0.1) is 0 Å². The maximum Gasteiger partial charge on any atom is -0.00677 e. The molecule has 0 spiro atoms. The molecule has 0 bridgehead atoms. The van der Waals surface area contributed by atoms with Gasteiger partial charge in [0.25, 0.3) is 0 Å². The molecule has 1 aliphatic rings. The summed E-state index contributed by atoms with van der Waals surface area (Å²) in [6.45, 7) is 11.3. The van der Waals surface area contributed by atoms with Crippen LogP contribution in [0.25, 0.3) is 5.57 Å². The van der Waals surface area contributed by atoms with E-state index in [2.05, 4.69) is 65.0 Å². The topological polar surface area (TPSA) is 0 Å². The van der Waals surface area contributed by atoms with Gasteiger partial charge in [0.1, 0.15) is 0 Å². The van der Waals surface area contributed by atoms with Crippen LogP contribution >= 0.6 is 0 Å². The van der Waals surface area contributed by atoms with Crippen molar-refractivity contribution in [2.24, 2.45) is 0 Å². The molecule has 0 unspecified atom stereocenters. The van der Waals surface area contributed by atoms with Gasteiger partial charge in [-0.25, -0.2) is 0 Å². The highest BCUT2D eigenvalue weighted by atomic mass is 14.3. The summed E-state index contributed by atoms with van der Waals surface area (Å²) in [6, 6.07) is 10.9. The van der Waals surface area contributed by atoms with Crippen molar-refractivity contribution < 1.29 is 0 Å². The normalized spacial score (nSPS) is 16.9. The average molecular weight is 280 g/mol. The molecule has 0 fully saturated rings. The van der Waals surface area contributed by atoms with Crippen molar-refractivity contribution in [3.05, 3.63) is 63.8 Å². The van der Waals surface area contributed by atoms with Gasteiger partial charge < -0.3 is 0 Å². The summed E-state index contributed by atoms with van der Waals surface area (Å²) >= 11 is 0. The predicted molar refractivity (Wildman–Crippen MR) is 94.3 cm³/mol. The molecule has 0 aliphatic heterocycles. The Bertz CT molecular complexity index is 590. The van der Waals surface area contributed by atoms with E-state index in [-0.39, 0.29) is 0 Å². The summed E-state index contributed by atoms with van der Waals surface area (Å²) in [7, 11) is 0. The smallest absolute Gasteiger partial charge is 0.00677 e. The second kappa shape index (κ2) is 6.93. The van der Waals surface area contributed by atoms with Crippen LogP contribution in [0.3, 0.4) is 0 Å². The minimum absolute atomic E-state index is 1.14. The van der Waals surface area contributed by atoms with Crippen molar-refractivity contribution in [2.75, 3.05) is 0 Å². The van der Waals surface area contributed by atoms with Gasteiger partial charge in [0.05, 0.1) is 0 Å². The lowest BCUT2D eigenvalue weighted by atomic mass is 9.69. The van der Waals surface area contributed by atoms with Crippen molar-refractivity contribution >= 4 is 5.57 Å². The Kier molecular flexibility index (Phi) is 5.22. The van der Waals surface area contributed by atoms with E-state index < -0.39 is 0 Å². The molecule has 0 atom stereocenters. The van der Waals surface area contributed by atoms with Crippen molar-refractivity contribution in [3.63, 3.8) is 0 Å². The zero-order chi connectivity index (χ0) is 15.4. The van der Waals surface area contributed by atoms with Gasteiger partial charge in [0.2, 0.25) is 0 Å². The third-order valence-electron chi connectivity index (χ3n) is 4.40. The first kappa shape index (κ1) is 15.8. The van der Waals surface area contributed by atoms with Gasteiger partial charge in [-0.2, -0.15) is 0 Å². The van der Waals surface area contributed by atoms with Gasteiger partial charge in [-0.05, 0) is 67.9 Å². The zero-order valence-electron chi connectivity index (χ0n) is 14.2. The van der Waals surface area contributed by atoms with E-state index in [1.165, 1.54) is 47.1 Å². The second-order valence-corrected chi connectivity index (χ2v) is 6.21. The Morgan fingerprint density at radius 2 is 1.57 bits per heavy atom. The van der Waals surface area contributed by atoms with Gasteiger partial charge in [0, 0.05) is 0 Å². The van der Waals surface area contributed by atoms with E-state index in [4.69, 9.17) is 0 Å². The van der Waals surface area contributed by atoms with Crippen LogP contribution in [0.5, 0.6) is 0 Å². The molecule has 1 aliphatic carbocycles. The molecular weight excluding hydrogens is 252 g/mol. The first-order valence-electron chi connectivity index (χ1n) is 8.28. The third kappa shape index (κ3) is 3.05. The van der Waals surface area contributed by atoms with E-state index in [9.17, 15) is 0 Å². The number of unbranched alkanes of at least 4 members (excludes halogenated alkanes) is 1. The van der Waals surface area contributed by atoms with Crippen LogP contribution in [-0.4, -0.2) is 0 Å². The van der Waals surface area contributed by atoms with Crippen LogP contribution in [0.4, 0.5) is 0 Å². The van der Waals surface area contributed by atoms with E-state index in [0.717, 1.165) is 6.42 Å². The van der Waals surface area contributed by atoms with Gasteiger partial charge >= 0.3 is 0 Å². The maximum absolute atomic E-state index is 2.30. The molecule has 1 aromatic rings. The first-order chi connectivity index (χ1) is 10.1. The predicted octanol–water partition coefficient (Wildman–Crippen LogP) is 6.71. The Labute approximate surface area is 130 Å². The average Bonchev–Trinajstić information content (AvgIpc) is 2.46. The summed E-state index contributed by atoms with van der Waals surface area (Å²) in [5.41, 5.74) is 10.5. The summed E-state index contributed by atoms with van der Waals surface area (Å²) in [6.07, 6.45) is 4.89. The standard InChI is InChI=1S/C21H28/c1-6-8-14-18-20(16(5)7-2)19(15(3)4)21(18)17-12-10-9-11-13-17/h9-13H,6-8,14H2,1-5H3/b20-16+. The highest BCUT2D eigenvalue weighted by Gasteiger charge is 2.31. The molecule has 0 N–H and O–H groups in total. The highest BCUT2D eigenvalue weighted by molar-refractivity contribution is 5.99. The fourth-order valence-electron chi connectivity index (χ4n) is 3.16. The molecule has 0 heteroatoms. The number of rotatable bonds is 5. The minimum Gasteiger partial charge on any atom is -0.0679 e. The minimum atomic E-state index is 1.14. The molecule has 0 saturated carbocycles. The molecule has 0 amide bonds. The van der Waals surface area contributed by atoms with Crippen LogP contribution in [0.15, 0.2) is 58.2 Å². The van der Waals surface area contributed by atoms with Crippen molar-refractivity contribution in [2.45, 2.75) is 60.3 Å². The fourth-order valence-corrected chi connectivity index (χ4v) is 3.16. The number of benzene rings is 1. The first-order valence-corrected chi connectivity index (χ1v) is 8.28. The van der Waals surface area contributed by atoms with Crippen LogP contribution < -0.4 is 0 Å². The Balaban J connectivity index is 2.61. The Morgan fingerprint density at radius 3 is 2.10 bits per heavy atom. The van der Waals surface area contributed by atoms with Gasteiger partial charge in [-0.3, -0.25) is 0 Å². The Hall–Kier alpha value is -1.56. The molecule has 21 heavy (non-hydrogen) atoms. The fraction of sp³-hybridized carbons (Fsp3) is 0.429. The molecule has 0 saturated heterocycles. The molecule has 0 radical (unpaired) electrons. The van der Waals surface area contributed by atoms with Gasteiger partial charge in [-0.15, -0.1) is 0 Å². The highest BCUT2D eigenvalue weighted by Crippen LogP contribution is 2.51. The van der Waals surface area contributed by atoms with E-state index in [0.29, 0.717) is 0 Å². The molecule has 2 rings (SSSR count). The molecular formula is C21H28. The SMILES string of the molecule is CCCCC1=C(c2ccccc2)C(=C(C)C)/C1=C(\C)CC. The van der Waals surface area contributed by atoms with Crippen LogP contribution in [-0.2, 0) is 0 Å². The van der Waals surface area contributed by atoms with Crippen molar-refractivity contribution in [1.29, 1.82) is 0 Å². The molecule has 0 heterocycles. The molecule has 0 nitrogen and oxygen atoms in total. The summed E-state index contributed by atoms with van der Waals surface area (Å²) in [4.78, 5) is 0. The lowest BCUT2D eigenvalue weighted by Gasteiger charge is -2.35. The molecule has 1 aromatic carbocycles. The molecule has 0 aromatic heterocycles. The maximum atomic E-state index is 2.30. The van der Waals surface area contributed by atoms with Crippen molar-refractivity contribution in [3.8, 4) is 0 Å². The summed E-state index contributed by atoms with van der Waals surface area (Å²) in [5, 5.41) is 0. The lowest BCUT2D eigenvalue weighted by Crippen LogP contribution is -2.15. The Morgan fingerprint density at radius 1 is 0.905 bits per heavy atom. The quantitative estimate of drug-likeness (QED) is 0.562. The van der Waals surface area contributed by atoms with Crippen LogP contribution in [0.2, 0.25) is 0 Å². The van der Waals surface area contributed by atoms with E-state index in [1.807, 2.05) is 0 Å².